The molecular weight excluding hydrogens is 388 g/mol. The van der Waals surface area contributed by atoms with E-state index in [0.717, 1.165) is 41.4 Å². The molecule has 0 saturated carbocycles. The van der Waals surface area contributed by atoms with E-state index in [0.29, 0.717) is 13.1 Å². The zero-order chi connectivity index (χ0) is 21.0. The molecule has 1 aliphatic rings. The van der Waals surface area contributed by atoms with E-state index in [1.165, 1.54) is 0 Å². The molecule has 0 radical (unpaired) electrons. The average Bonchev–Trinajstić information content (AvgIpc) is 3.40. The highest BCUT2D eigenvalue weighted by molar-refractivity contribution is 5.95. The van der Waals surface area contributed by atoms with Gasteiger partial charge in [-0.1, -0.05) is 42.5 Å². The number of carbonyl (C=O) groups is 1. The first-order valence-electron chi connectivity index (χ1n) is 10.3. The van der Waals surface area contributed by atoms with Crippen LogP contribution in [-0.4, -0.2) is 56.7 Å². The van der Waals surface area contributed by atoms with Crippen LogP contribution in [-0.2, 0) is 0 Å². The highest BCUT2D eigenvalue weighted by Gasteiger charge is 2.23. The molecule has 1 aliphatic heterocycles. The van der Waals surface area contributed by atoms with Crippen LogP contribution in [0.4, 0.5) is 5.82 Å². The Hall–Kier alpha value is -4.00. The number of hydrogen-bond acceptors (Lipinski definition) is 5. The van der Waals surface area contributed by atoms with E-state index in [4.69, 9.17) is 0 Å². The Bertz CT molecular complexity index is 1150. The Morgan fingerprint density at radius 3 is 2.19 bits per heavy atom. The summed E-state index contributed by atoms with van der Waals surface area (Å²) < 4.78 is 1.71. The number of piperazine rings is 1. The van der Waals surface area contributed by atoms with Crippen molar-refractivity contribution in [2.24, 2.45) is 0 Å². The number of carbonyl (C=O) groups excluding carboxylic acids is 1. The first-order chi connectivity index (χ1) is 15.3. The Kier molecular flexibility index (Phi) is 5.14. The topological polar surface area (TPSA) is 67.2 Å². The predicted molar refractivity (Wildman–Crippen MR) is 119 cm³/mol. The van der Waals surface area contributed by atoms with Gasteiger partial charge < -0.3 is 9.80 Å². The van der Waals surface area contributed by atoms with E-state index in [9.17, 15) is 4.79 Å². The Morgan fingerprint density at radius 1 is 0.774 bits per heavy atom. The molecule has 2 aromatic heterocycles. The molecule has 5 rings (SSSR count). The smallest absolute Gasteiger partial charge is 0.253 e. The van der Waals surface area contributed by atoms with Crippen LogP contribution in [0.25, 0.3) is 16.9 Å². The van der Waals surface area contributed by atoms with Gasteiger partial charge in [-0.2, -0.15) is 5.10 Å². The third-order valence-electron chi connectivity index (χ3n) is 5.51. The maximum Gasteiger partial charge on any atom is 0.253 e. The number of aromatic nitrogens is 4. The highest BCUT2D eigenvalue weighted by atomic mass is 16.2. The highest BCUT2D eigenvalue weighted by Crippen LogP contribution is 2.21. The van der Waals surface area contributed by atoms with Crippen LogP contribution in [0, 0.1) is 0 Å². The lowest BCUT2D eigenvalue weighted by Gasteiger charge is -2.35. The SMILES string of the molecule is O=C(c1ccc(-c2ccccc2)cc1)N1CCN(c2cc(-n3cccn3)ncn2)CC1. The molecule has 1 fully saturated rings. The van der Waals surface area contributed by atoms with E-state index >= 15 is 0 Å². The van der Waals surface area contributed by atoms with Crippen molar-refractivity contribution in [3.05, 3.63) is 91.0 Å². The summed E-state index contributed by atoms with van der Waals surface area (Å²) >= 11 is 0. The molecule has 0 unspecified atom stereocenters. The number of amides is 1. The number of rotatable bonds is 4. The van der Waals surface area contributed by atoms with Crippen molar-refractivity contribution < 1.29 is 4.79 Å². The lowest BCUT2D eigenvalue weighted by atomic mass is 10.0. The van der Waals surface area contributed by atoms with Gasteiger partial charge in [-0.25, -0.2) is 14.6 Å². The van der Waals surface area contributed by atoms with Crippen LogP contribution in [0.15, 0.2) is 85.5 Å². The van der Waals surface area contributed by atoms with Gasteiger partial charge in [0, 0.05) is 50.2 Å². The fraction of sp³-hybridized carbons (Fsp3) is 0.167. The molecule has 0 bridgehead atoms. The minimum Gasteiger partial charge on any atom is -0.353 e. The second kappa shape index (κ2) is 8.39. The van der Waals surface area contributed by atoms with E-state index in [1.807, 2.05) is 65.7 Å². The quantitative estimate of drug-likeness (QED) is 0.517. The summed E-state index contributed by atoms with van der Waals surface area (Å²) in [5.41, 5.74) is 2.98. The molecular formula is C24H22N6O. The van der Waals surface area contributed by atoms with Gasteiger partial charge in [0.25, 0.3) is 5.91 Å². The van der Waals surface area contributed by atoms with Crippen LogP contribution < -0.4 is 4.90 Å². The molecule has 1 amide bonds. The molecule has 0 spiro atoms. The van der Waals surface area contributed by atoms with Crippen molar-refractivity contribution in [1.82, 2.24) is 24.6 Å². The molecule has 7 heteroatoms. The zero-order valence-corrected chi connectivity index (χ0v) is 17.0. The molecule has 4 aromatic rings. The van der Waals surface area contributed by atoms with Crippen LogP contribution in [0.2, 0.25) is 0 Å². The fourth-order valence-corrected chi connectivity index (χ4v) is 3.80. The standard InChI is InChI=1S/C24H22N6O/c31-24(21-9-7-20(8-10-21)19-5-2-1-3-6-19)29-15-13-28(14-16-29)22-17-23(26-18-25-22)30-12-4-11-27-30/h1-12,17-18H,13-16H2. The van der Waals surface area contributed by atoms with Gasteiger partial charge in [-0.15, -0.1) is 0 Å². The van der Waals surface area contributed by atoms with Gasteiger partial charge in [0.2, 0.25) is 0 Å². The van der Waals surface area contributed by atoms with Crippen molar-refractivity contribution in [1.29, 1.82) is 0 Å². The zero-order valence-electron chi connectivity index (χ0n) is 17.0. The molecule has 31 heavy (non-hydrogen) atoms. The molecule has 0 aliphatic carbocycles. The summed E-state index contributed by atoms with van der Waals surface area (Å²) in [5.74, 6) is 1.64. The molecule has 0 N–H and O–H groups in total. The summed E-state index contributed by atoms with van der Waals surface area (Å²) in [6, 6.07) is 21.8. The van der Waals surface area contributed by atoms with Gasteiger partial charge in [-0.3, -0.25) is 4.79 Å². The molecule has 3 heterocycles. The van der Waals surface area contributed by atoms with Crippen LogP contribution >= 0.6 is 0 Å². The van der Waals surface area contributed by atoms with Crippen molar-refractivity contribution in [2.75, 3.05) is 31.1 Å². The van der Waals surface area contributed by atoms with Gasteiger partial charge in [0.05, 0.1) is 0 Å². The normalized spacial score (nSPS) is 13.9. The lowest BCUT2D eigenvalue weighted by Crippen LogP contribution is -2.49. The van der Waals surface area contributed by atoms with Crippen LogP contribution in [0.1, 0.15) is 10.4 Å². The Balaban J connectivity index is 1.23. The molecule has 1 saturated heterocycles. The summed E-state index contributed by atoms with van der Waals surface area (Å²) in [4.78, 5) is 25.8. The van der Waals surface area contributed by atoms with E-state index in [2.05, 4.69) is 32.1 Å². The summed E-state index contributed by atoms with van der Waals surface area (Å²) in [5, 5.41) is 4.22. The second-order valence-corrected chi connectivity index (χ2v) is 7.41. The predicted octanol–water partition coefficient (Wildman–Crippen LogP) is 3.29. The van der Waals surface area contributed by atoms with Gasteiger partial charge in [0.1, 0.15) is 12.1 Å². The van der Waals surface area contributed by atoms with Gasteiger partial charge in [-0.05, 0) is 29.3 Å². The van der Waals surface area contributed by atoms with Crippen molar-refractivity contribution in [2.45, 2.75) is 0 Å². The summed E-state index contributed by atoms with van der Waals surface area (Å²) in [7, 11) is 0. The lowest BCUT2D eigenvalue weighted by molar-refractivity contribution is 0.0746. The number of benzene rings is 2. The van der Waals surface area contributed by atoms with Crippen LogP contribution in [0.5, 0.6) is 0 Å². The summed E-state index contributed by atoms with van der Waals surface area (Å²) in [6.07, 6.45) is 5.13. The minimum absolute atomic E-state index is 0.0687. The first kappa shape index (κ1) is 19.0. The average molecular weight is 410 g/mol. The Morgan fingerprint density at radius 2 is 1.48 bits per heavy atom. The van der Waals surface area contributed by atoms with E-state index in [1.54, 1.807) is 17.2 Å². The van der Waals surface area contributed by atoms with Crippen molar-refractivity contribution >= 4 is 11.7 Å². The molecule has 7 nitrogen and oxygen atoms in total. The van der Waals surface area contributed by atoms with E-state index < -0.39 is 0 Å². The third-order valence-corrected chi connectivity index (χ3v) is 5.51. The number of anilines is 1. The maximum absolute atomic E-state index is 13.0. The number of nitrogens with zero attached hydrogens (tertiary/aromatic N) is 6. The maximum atomic E-state index is 13.0. The number of hydrogen-bond donors (Lipinski definition) is 0. The van der Waals surface area contributed by atoms with Crippen molar-refractivity contribution in [3.8, 4) is 16.9 Å². The van der Waals surface area contributed by atoms with Gasteiger partial charge >= 0.3 is 0 Å². The molecule has 2 aromatic carbocycles. The third kappa shape index (κ3) is 4.02. The monoisotopic (exact) mass is 410 g/mol. The molecule has 154 valence electrons. The van der Waals surface area contributed by atoms with E-state index in [-0.39, 0.29) is 5.91 Å². The minimum atomic E-state index is 0.0687. The fourth-order valence-electron chi connectivity index (χ4n) is 3.80. The molecule has 0 atom stereocenters. The van der Waals surface area contributed by atoms with Crippen molar-refractivity contribution in [3.63, 3.8) is 0 Å². The van der Waals surface area contributed by atoms with Crippen LogP contribution in [0.3, 0.4) is 0 Å². The van der Waals surface area contributed by atoms with Gasteiger partial charge in [0.15, 0.2) is 5.82 Å². The summed E-state index contributed by atoms with van der Waals surface area (Å²) in [6.45, 7) is 2.76. The largest absolute Gasteiger partial charge is 0.353 e. The first-order valence-corrected chi connectivity index (χ1v) is 10.3. The Labute approximate surface area is 180 Å². The second-order valence-electron chi connectivity index (χ2n) is 7.41.